The SMILES string of the molecule is CC(=O)O[C@H]1CCC2=C3CC[C@]4(C)C(=O)CC[C@@H]4[C@@H]3[C@H](O)[C@]2(C)C1. The Morgan fingerprint density at radius 3 is 2.62 bits per heavy atom. The van der Waals surface area contributed by atoms with Crippen LogP contribution in [0.1, 0.15) is 65.7 Å². The largest absolute Gasteiger partial charge is 0.463 e. The molecule has 6 atom stereocenters. The Bertz CT molecular complexity index is 636. The standard InChI is InChI=1S/C20H28O4/c1-11(21)24-12-4-5-14-13-8-9-19(2)15(6-7-16(19)22)17(13)18(23)20(14,3)10-12/h12,15,17-18,23H,4-10H2,1-3H3/t12-,15+,17+,18-,19-,20+/m0/s1. The summed E-state index contributed by atoms with van der Waals surface area (Å²) in [5.74, 6) is 0.567. The third-order valence-electron chi connectivity index (χ3n) is 7.66. The van der Waals surface area contributed by atoms with E-state index in [1.165, 1.54) is 18.1 Å². The van der Waals surface area contributed by atoms with Crippen LogP contribution in [0.15, 0.2) is 11.1 Å². The Kier molecular flexibility index (Phi) is 3.51. The van der Waals surface area contributed by atoms with Gasteiger partial charge in [0.25, 0.3) is 0 Å². The average molecular weight is 332 g/mol. The van der Waals surface area contributed by atoms with E-state index in [2.05, 4.69) is 13.8 Å². The van der Waals surface area contributed by atoms with Gasteiger partial charge >= 0.3 is 5.97 Å². The smallest absolute Gasteiger partial charge is 0.302 e. The molecule has 0 amide bonds. The Hall–Kier alpha value is -1.16. The summed E-state index contributed by atoms with van der Waals surface area (Å²) in [4.78, 5) is 23.8. The number of carbonyl (C=O) groups excluding carboxylic acids is 2. The number of hydrogen-bond acceptors (Lipinski definition) is 4. The topological polar surface area (TPSA) is 63.6 Å². The molecule has 0 spiro atoms. The zero-order valence-corrected chi connectivity index (χ0v) is 14.9. The predicted octanol–water partition coefficient (Wildman–Crippen LogP) is 3.17. The van der Waals surface area contributed by atoms with Crippen LogP contribution in [-0.4, -0.2) is 29.1 Å². The second-order valence-electron chi connectivity index (χ2n) is 8.85. The molecule has 0 unspecified atom stereocenters. The highest BCUT2D eigenvalue weighted by Gasteiger charge is 2.61. The van der Waals surface area contributed by atoms with Crippen LogP contribution in [0.4, 0.5) is 0 Å². The molecule has 24 heavy (non-hydrogen) atoms. The van der Waals surface area contributed by atoms with Crippen molar-refractivity contribution in [2.45, 2.75) is 77.9 Å². The van der Waals surface area contributed by atoms with Crippen molar-refractivity contribution in [1.29, 1.82) is 0 Å². The van der Waals surface area contributed by atoms with E-state index in [1.807, 2.05) is 0 Å². The summed E-state index contributed by atoms with van der Waals surface area (Å²) in [6, 6.07) is 0. The fourth-order valence-electron chi connectivity index (χ4n) is 6.41. The van der Waals surface area contributed by atoms with Gasteiger partial charge in [0.2, 0.25) is 0 Å². The molecule has 4 nitrogen and oxygen atoms in total. The molecule has 0 aromatic heterocycles. The van der Waals surface area contributed by atoms with Crippen molar-refractivity contribution in [3.05, 3.63) is 11.1 Å². The molecule has 0 heterocycles. The molecule has 4 aliphatic rings. The summed E-state index contributed by atoms with van der Waals surface area (Å²) in [5, 5.41) is 11.3. The van der Waals surface area contributed by atoms with Crippen LogP contribution in [0, 0.1) is 22.7 Å². The Morgan fingerprint density at radius 2 is 1.92 bits per heavy atom. The highest BCUT2D eigenvalue weighted by atomic mass is 16.5. The molecular formula is C20H28O4. The lowest BCUT2D eigenvalue weighted by Gasteiger charge is -2.44. The minimum Gasteiger partial charge on any atom is -0.463 e. The molecule has 4 aliphatic carbocycles. The van der Waals surface area contributed by atoms with Crippen molar-refractivity contribution in [2.24, 2.45) is 22.7 Å². The van der Waals surface area contributed by atoms with Crippen LogP contribution < -0.4 is 0 Å². The molecule has 0 saturated heterocycles. The zero-order chi connectivity index (χ0) is 17.3. The lowest BCUT2D eigenvalue weighted by Crippen LogP contribution is -2.45. The maximum atomic E-state index is 12.4. The molecule has 1 N–H and O–H groups in total. The number of hydrogen-bond donors (Lipinski definition) is 1. The maximum absolute atomic E-state index is 12.4. The number of Topliss-reactive ketones (excluding diaryl/α,β-unsaturated/α-hetero) is 1. The Balaban J connectivity index is 1.68. The minimum absolute atomic E-state index is 0.0942. The first-order chi connectivity index (χ1) is 11.3. The van der Waals surface area contributed by atoms with Crippen LogP contribution in [0.2, 0.25) is 0 Å². The van der Waals surface area contributed by atoms with E-state index in [-0.39, 0.29) is 34.7 Å². The van der Waals surface area contributed by atoms with Crippen molar-refractivity contribution in [3.63, 3.8) is 0 Å². The van der Waals surface area contributed by atoms with Crippen molar-refractivity contribution in [2.75, 3.05) is 0 Å². The second-order valence-corrected chi connectivity index (χ2v) is 8.85. The molecule has 132 valence electrons. The van der Waals surface area contributed by atoms with Crippen molar-refractivity contribution in [1.82, 2.24) is 0 Å². The summed E-state index contributed by atoms with van der Waals surface area (Å²) in [5.41, 5.74) is 2.30. The van der Waals surface area contributed by atoms with Crippen LogP contribution in [0.25, 0.3) is 0 Å². The molecule has 0 aliphatic heterocycles. The van der Waals surface area contributed by atoms with Gasteiger partial charge in [-0.05, 0) is 44.4 Å². The summed E-state index contributed by atoms with van der Waals surface area (Å²) in [6.07, 6.45) is 5.39. The molecule has 0 radical (unpaired) electrons. The van der Waals surface area contributed by atoms with Gasteiger partial charge in [-0.15, -0.1) is 0 Å². The molecule has 0 bridgehead atoms. The van der Waals surface area contributed by atoms with Gasteiger partial charge in [0.05, 0.1) is 6.10 Å². The number of fused-ring (bicyclic) bond motifs is 4. The van der Waals surface area contributed by atoms with Crippen LogP contribution >= 0.6 is 0 Å². The number of esters is 1. The molecule has 3 fully saturated rings. The summed E-state index contributed by atoms with van der Waals surface area (Å²) in [6.45, 7) is 5.71. The molecule has 4 rings (SSSR count). The first-order valence-electron chi connectivity index (χ1n) is 9.38. The van der Waals surface area contributed by atoms with Crippen LogP contribution in [0.3, 0.4) is 0 Å². The molecule has 0 aromatic carbocycles. The molecule has 4 heteroatoms. The third kappa shape index (κ3) is 2.01. The van der Waals surface area contributed by atoms with E-state index in [1.54, 1.807) is 0 Å². The van der Waals surface area contributed by atoms with E-state index in [0.717, 1.165) is 32.1 Å². The van der Waals surface area contributed by atoms with Crippen molar-refractivity contribution >= 4 is 11.8 Å². The first kappa shape index (κ1) is 16.3. The Labute approximate surface area is 143 Å². The fraction of sp³-hybridized carbons (Fsp3) is 0.800. The maximum Gasteiger partial charge on any atom is 0.302 e. The summed E-state index contributed by atoms with van der Waals surface area (Å²) >= 11 is 0. The van der Waals surface area contributed by atoms with E-state index < -0.39 is 6.10 Å². The normalized spacial score (nSPS) is 47.2. The predicted molar refractivity (Wildman–Crippen MR) is 89.1 cm³/mol. The zero-order valence-electron chi connectivity index (χ0n) is 14.9. The van der Waals surface area contributed by atoms with Crippen LogP contribution in [0.5, 0.6) is 0 Å². The van der Waals surface area contributed by atoms with Gasteiger partial charge < -0.3 is 9.84 Å². The third-order valence-corrected chi connectivity index (χ3v) is 7.66. The van der Waals surface area contributed by atoms with E-state index in [0.29, 0.717) is 18.6 Å². The number of aliphatic hydroxyl groups is 1. The quantitative estimate of drug-likeness (QED) is 0.592. The van der Waals surface area contributed by atoms with Gasteiger partial charge in [-0.1, -0.05) is 25.0 Å². The lowest BCUT2D eigenvalue weighted by atomic mass is 9.61. The van der Waals surface area contributed by atoms with Gasteiger partial charge in [-0.3, -0.25) is 9.59 Å². The molecule has 3 saturated carbocycles. The number of ketones is 1. The summed E-state index contributed by atoms with van der Waals surface area (Å²) < 4.78 is 5.46. The number of rotatable bonds is 1. The molecular weight excluding hydrogens is 304 g/mol. The van der Waals surface area contributed by atoms with Gasteiger partial charge in [0.1, 0.15) is 11.9 Å². The highest BCUT2D eigenvalue weighted by Crippen LogP contribution is 2.64. The molecule has 0 aromatic rings. The summed E-state index contributed by atoms with van der Waals surface area (Å²) in [7, 11) is 0. The van der Waals surface area contributed by atoms with Gasteiger partial charge in [0.15, 0.2) is 0 Å². The average Bonchev–Trinajstić information content (AvgIpc) is 2.92. The fourth-order valence-corrected chi connectivity index (χ4v) is 6.41. The lowest BCUT2D eigenvalue weighted by molar-refractivity contribution is -0.150. The second kappa shape index (κ2) is 5.17. The minimum atomic E-state index is -0.448. The van der Waals surface area contributed by atoms with Gasteiger partial charge in [-0.25, -0.2) is 0 Å². The van der Waals surface area contributed by atoms with Crippen molar-refractivity contribution in [3.8, 4) is 0 Å². The number of ether oxygens (including phenoxy) is 1. The van der Waals surface area contributed by atoms with E-state index in [9.17, 15) is 14.7 Å². The monoisotopic (exact) mass is 332 g/mol. The number of carbonyl (C=O) groups is 2. The Morgan fingerprint density at radius 1 is 1.17 bits per heavy atom. The number of aliphatic hydroxyl groups excluding tert-OH is 1. The van der Waals surface area contributed by atoms with Crippen LogP contribution in [-0.2, 0) is 14.3 Å². The first-order valence-corrected chi connectivity index (χ1v) is 9.38. The van der Waals surface area contributed by atoms with Gasteiger partial charge in [0, 0.05) is 30.1 Å². The van der Waals surface area contributed by atoms with Gasteiger partial charge in [-0.2, -0.15) is 0 Å². The highest BCUT2D eigenvalue weighted by molar-refractivity contribution is 5.87. The van der Waals surface area contributed by atoms with E-state index >= 15 is 0 Å². The van der Waals surface area contributed by atoms with Crippen molar-refractivity contribution < 1.29 is 19.4 Å². The van der Waals surface area contributed by atoms with E-state index in [4.69, 9.17) is 4.74 Å².